The molecule has 3 N–H and O–H groups in total. The van der Waals surface area contributed by atoms with Gasteiger partial charge >= 0.3 is 6.09 Å². The molecule has 1 aromatic rings. The molecule has 0 saturated carbocycles. The number of benzene rings is 1. The number of likely N-dealkylation sites (tertiary alicyclic amines) is 1. The standard InChI is InChI=1S/C18H28N4O3.HI/c1-3-25-18(23)22-11-8-15(9-12-22)21-17(19)20-10-7-14-5-4-6-16(13-14)24-2;/h4-6,13,15H,3,7-12H2,1-2H3,(H3,19,20,21);1H. The van der Waals surface area contributed by atoms with Crippen LogP contribution >= 0.6 is 24.0 Å². The summed E-state index contributed by atoms with van der Waals surface area (Å²) in [5.74, 6) is 1.30. The van der Waals surface area contributed by atoms with E-state index in [9.17, 15) is 4.79 Å². The van der Waals surface area contributed by atoms with Crippen LogP contribution in [0, 0.1) is 0 Å². The van der Waals surface area contributed by atoms with Crippen LogP contribution in [0.4, 0.5) is 4.79 Å². The highest BCUT2D eigenvalue weighted by Crippen LogP contribution is 2.13. The van der Waals surface area contributed by atoms with Crippen molar-refractivity contribution in [2.24, 2.45) is 10.7 Å². The first-order valence-corrected chi connectivity index (χ1v) is 8.73. The quantitative estimate of drug-likeness (QED) is 0.374. The number of amides is 1. The number of hydrogen-bond acceptors (Lipinski definition) is 4. The number of methoxy groups -OCH3 is 1. The highest BCUT2D eigenvalue weighted by atomic mass is 127. The fourth-order valence-corrected chi connectivity index (χ4v) is 2.81. The number of nitrogens with zero attached hydrogens (tertiary/aromatic N) is 2. The topological polar surface area (TPSA) is 89.2 Å². The van der Waals surface area contributed by atoms with Gasteiger partial charge in [-0.1, -0.05) is 12.1 Å². The molecule has 0 radical (unpaired) electrons. The lowest BCUT2D eigenvalue weighted by molar-refractivity contribution is 0.0963. The Morgan fingerprint density at radius 1 is 1.38 bits per heavy atom. The molecule has 2 rings (SSSR count). The number of guanidine groups is 1. The maximum absolute atomic E-state index is 11.7. The van der Waals surface area contributed by atoms with Crippen LogP contribution in [0.2, 0.25) is 0 Å². The molecule has 26 heavy (non-hydrogen) atoms. The third-order valence-electron chi connectivity index (χ3n) is 4.19. The summed E-state index contributed by atoms with van der Waals surface area (Å²) in [6, 6.07) is 8.19. The monoisotopic (exact) mass is 476 g/mol. The van der Waals surface area contributed by atoms with E-state index in [1.807, 2.05) is 31.2 Å². The lowest BCUT2D eigenvalue weighted by Crippen LogP contribution is -2.48. The number of rotatable bonds is 6. The maximum atomic E-state index is 11.7. The minimum Gasteiger partial charge on any atom is -0.497 e. The first-order valence-electron chi connectivity index (χ1n) is 8.73. The lowest BCUT2D eigenvalue weighted by Gasteiger charge is -2.31. The van der Waals surface area contributed by atoms with Crippen LogP contribution in [-0.4, -0.2) is 56.3 Å². The molecular formula is C18H29IN4O3. The smallest absolute Gasteiger partial charge is 0.409 e. The normalized spacial score (nSPS) is 15.2. The summed E-state index contributed by atoms with van der Waals surface area (Å²) in [5, 5.41) is 3.24. The summed E-state index contributed by atoms with van der Waals surface area (Å²) in [7, 11) is 1.66. The summed E-state index contributed by atoms with van der Waals surface area (Å²) < 4.78 is 10.2. The molecule has 0 aliphatic carbocycles. The van der Waals surface area contributed by atoms with Crippen molar-refractivity contribution in [1.82, 2.24) is 10.2 Å². The molecule has 146 valence electrons. The zero-order valence-electron chi connectivity index (χ0n) is 15.4. The number of nitrogens with one attached hydrogen (secondary N) is 1. The highest BCUT2D eigenvalue weighted by Gasteiger charge is 2.23. The molecule has 0 spiro atoms. The molecule has 1 aliphatic heterocycles. The molecule has 0 aromatic heterocycles. The van der Waals surface area contributed by atoms with Crippen LogP contribution in [0.15, 0.2) is 29.3 Å². The average Bonchev–Trinajstić information content (AvgIpc) is 2.62. The van der Waals surface area contributed by atoms with Crippen LogP contribution in [0.3, 0.4) is 0 Å². The van der Waals surface area contributed by atoms with E-state index in [1.165, 1.54) is 5.56 Å². The van der Waals surface area contributed by atoms with Crippen molar-refractivity contribution in [2.75, 3.05) is 33.4 Å². The SMILES string of the molecule is CCOC(=O)N1CCC(NC(N)=NCCc2cccc(OC)c2)CC1.I. The van der Waals surface area contributed by atoms with Crippen LogP contribution < -0.4 is 15.8 Å². The summed E-state index contributed by atoms with van der Waals surface area (Å²) in [4.78, 5) is 17.8. The second-order valence-electron chi connectivity index (χ2n) is 5.97. The summed E-state index contributed by atoms with van der Waals surface area (Å²) in [6.45, 7) is 4.19. The Morgan fingerprint density at radius 2 is 2.12 bits per heavy atom. The van der Waals surface area contributed by atoms with Crippen molar-refractivity contribution in [3.8, 4) is 5.75 Å². The van der Waals surface area contributed by atoms with Crippen LogP contribution in [-0.2, 0) is 11.2 Å². The Hall–Kier alpha value is -1.71. The van der Waals surface area contributed by atoms with Crippen LogP contribution in [0.25, 0.3) is 0 Å². The number of hydrogen-bond donors (Lipinski definition) is 2. The third-order valence-corrected chi connectivity index (χ3v) is 4.19. The lowest BCUT2D eigenvalue weighted by atomic mass is 10.1. The second kappa shape index (κ2) is 11.8. The molecule has 0 atom stereocenters. The molecule has 0 unspecified atom stereocenters. The zero-order chi connectivity index (χ0) is 18.1. The second-order valence-corrected chi connectivity index (χ2v) is 5.97. The van der Waals surface area contributed by atoms with E-state index < -0.39 is 0 Å². The Morgan fingerprint density at radius 3 is 2.77 bits per heavy atom. The van der Waals surface area contributed by atoms with Gasteiger partial charge in [-0.15, -0.1) is 24.0 Å². The summed E-state index contributed by atoms with van der Waals surface area (Å²) in [5.41, 5.74) is 7.14. The van der Waals surface area contributed by atoms with E-state index in [4.69, 9.17) is 15.2 Å². The molecule has 1 fully saturated rings. The zero-order valence-corrected chi connectivity index (χ0v) is 17.8. The molecule has 7 nitrogen and oxygen atoms in total. The predicted molar refractivity (Wildman–Crippen MR) is 113 cm³/mol. The van der Waals surface area contributed by atoms with Crippen LogP contribution in [0.5, 0.6) is 5.75 Å². The number of carbonyl (C=O) groups excluding carboxylic acids is 1. The van der Waals surface area contributed by atoms with Crippen molar-refractivity contribution < 1.29 is 14.3 Å². The molecule has 1 aliphatic rings. The first-order chi connectivity index (χ1) is 12.1. The number of ether oxygens (including phenoxy) is 2. The van der Waals surface area contributed by atoms with Gasteiger partial charge in [-0.05, 0) is 43.9 Å². The van der Waals surface area contributed by atoms with Gasteiger partial charge in [-0.3, -0.25) is 4.99 Å². The van der Waals surface area contributed by atoms with Crippen molar-refractivity contribution in [1.29, 1.82) is 0 Å². The van der Waals surface area contributed by atoms with Gasteiger partial charge in [0.2, 0.25) is 0 Å². The molecule has 1 saturated heterocycles. The van der Waals surface area contributed by atoms with Crippen molar-refractivity contribution in [3.63, 3.8) is 0 Å². The Kier molecular flexibility index (Phi) is 10.2. The number of piperidine rings is 1. The number of aliphatic imine (C=N–C) groups is 1. The highest BCUT2D eigenvalue weighted by molar-refractivity contribution is 14.0. The van der Waals surface area contributed by atoms with E-state index in [0.717, 1.165) is 25.0 Å². The Balaban J connectivity index is 0.00000338. The largest absolute Gasteiger partial charge is 0.497 e. The minimum atomic E-state index is -0.235. The van der Waals surface area contributed by atoms with E-state index in [0.29, 0.717) is 32.2 Å². The first kappa shape index (κ1) is 22.3. The van der Waals surface area contributed by atoms with E-state index in [-0.39, 0.29) is 36.1 Å². The predicted octanol–water partition coefficient (Wildman–Crippen LogP) is 2.38. The molecule has 8 heteroatoms. The van der Waals surface area contributed by atoms with Gasteiger partial charge < -0.3 is 25.4 Å². The molecule has 1 aromatic carbocycles. The molecular weight excluding hydrogens is 447 g/mol. The van der Waals surface area contributed by atoms with E-state index >= 15 is 0 Å². The summed E-state index contributed by atoms with van der Waals surface area (Å²) >= 11 is 0. The maximum Gasteiger partial charge on any atom is 0.409 e. The van der Waals surface area contributed by atoms with Gasteiger partial charge in [0.05, 0.1) is 13.7 Å². The van der Waals surface area contributed by atoms with Gasteiger partial charge in [-0.25, -0.2) is 4.79 Å². The number of carbonyl (C=O) groups is 1. The van der Waals surface area contributed by atoms with Crippen molar-refractivity contribution in [3.05, 3.63) is 29.8 Å². The fourth-order valence-electron chi connectivity index (χ4n) is 2.81. The number of halogens is 1. The van der Waals surface area contributed by atoms with Gasteiger partial charge in [0.15, 0.2) is 5.96 Å². The van der Waals surface area contributed by atoms with Gasteiger partial charge in [0, 0.05) is 25.7 Å². The molecule has 1 amide bonds. The van der Waals surface area contributed by atoms with Gasteiger partial charge in [-0.2, -0.15) is 0 Å². The Labute approximate surface area is 172 Å². The Bertz CT molecular complexity index is 590. The third kappa shape index (κ3) is 7.27. The average molecular weight is 476 g/mol. The van der Waals surface area contributed by atoms with E-state index in [2.05, 4.69) is 10.3 Å². The molecule has 0 bridgehead atoms. The van der Waals surface area contributed by atoms with Crippen molar-refractivity contribution >= 4 is 36.0 Å². The van der Waals surface area contributed by atoms with Gasteiger partial charge in [0.1, 0.15) is 5.75 Å². The number of nitrogens with two attached hydrogens (primary N) is 1. The van der Waals surface area contributed by atoms with E-state index in [1.54, 1.807) is 12.0 Å². The summed E-state index contributed by atoms with van der Waals surface area (Å²) in [6.07, 6.45) is 2.25. The van der Waals surface area contributed by atoms with Gasteiger partial charge in [0.25, 0.3) is 0 Å². The minimum absolute atomic E-state index is 0. The molecule has 1 heterocycles. The fraction of sp³-hybridized carbons (Fsp3) is 0.556. The van der Waals surface area contributed by atoms with Crippen molar-refractivity contribution in [2.45, 2.75) is 32.2 Å². The van der Waals surface area contributed by atoms with Crippen LogP contribution in [0.1, 0.15) is 25.3 Å².